The molecule has 0 radical (unpaired) electrons. The number of nitrogens with zero attached hydrogens (tertiary/aromatic N) is 1. The minimum Gasteiger partial charge on any atom is -0.450 e. The van der Waals surface area contributed by atoms with Gasteiger partial charge >= 0.3 is 0 Å². The quantitative estimate of drug-likeness (QED) is 0.590. The van der Waals surface area contributed by atoms with Crippen molar-refractivity contribution in [1.82, 2.24) is 4.90 Å². The number of amides is 1. The van der Waals surface area contributed by atoms with Gasteiger partial charge in [0.15, 0.2) is 5.43 Å². The van der Waals surface area contributed by atoms with Crippen LogP contribution in [0.25, 0.3) is 11.0 Å². The van der Waals surface area contributed by atoms with Crippen LogP contribution in [0.5, 0.6) is 0 Å². The highest BCUT2D eigenvalue weighted by molar-refractivity contribution is 5.99. The SMILES string of the molecule is CCc1ccc(C2c3c(oc4ccc(C)cc4c3=O)C(=O)N2CCCOC)cc1. The summed E-state index contributed by atoms with van der Waals surface area (Å²) < 4.78 is 11.1. The first-order chi connectivity index (χ1) is 14.0. The summed E-state index contributed by atoms with van der Waals surface area (Å²) >= 11 is 0. The standard InChI is InChI=1S/C24H25NO4/c1-4-16-7-9-17(10-8-16)21-20-22(26)18-14-15(2)6-11-19(18)29-23(20)24(27)25(21)12-5-13-28-3/h6-11,14,21H,4-5,12-13H2,1-3H3. The zero-order valence-electron chi connectivity index (χ0n) is 17.0. The molecule has 1 aliphatic rings. The lowest BCUT2D eigenvalue weighted by atomic mass is 9.97. The fraction of sp³-hybridized carbons (Fsp3) is 0.333. The summed E-state index contributed by atoms with van der Waals surface area (Å²) in [6, 6.07) is 13.2. The van der Waals surface area contributed by atoms with E-state index in [1.807, 2.05) is 31.2 Å². The van der Waals surface area contributed by atoms with Crippen molar-refractivity contribution in [2.45, 2.75) is 32.7 Å². The summed E-state index contributed by atoms with van der Waals surface area (Å²) in [6.45, 7) is 5.08. The molecule has 0 bridgehead atoms. The number of rotatable bonds is 6. The third kappa shape index (κ3) is 3.36. The molecule has 5 nitrogen and oxygen atoms in total. The van der Waals surface area contributed by atoms with Crippen molar-refractivity contribution >= 4 is 16.9 Å². The number of aryl methyl sites for hydroxylation is 2. The van der Waals surface area contributed by atoms with E-state index in [0.29, 0.717) is 36.1 Å². The Balaban J connectivity index is 1.90. The van der Waals surface area contributed by atoms with Gasteiger partial charge in [0.1, 0.15) is 5.58 Å². The number of benzene rings is 2. The highest BCUT2D eigenvalue weighted by atomic mass is 16.5. The third-order valence-corrected chi connectivity index (χ3v) is 5.57. The van der Waals surface area contributed by atoms with Gasteiger partial charge < -0.3 is 14.1 Å². The lowest BCUT2D eigenvalue weighted by molar-refractivity contribution is 0.0708. The van der Waals surface area contributed by atoms with Crippen molar-refractivity contribution in [3.63, 3.8) is 0 Å². The molecule has 29 heavy (non-hydrogen) atoms. The normalized spacial score (nSPS) is 15.9. The molecule has 150 valence electrons. The maximum Gasteiger partial charge on any atom is 0.290 e. The molecule has 1 unspecified atom stereocenters. The molecule has 0 aliphatic carbocycles. The van der Waals surface area contributed by atoms with Crippen molar-refractivity contribution in [3.05, 3.63) is 80.7 Å². The molecule has 0 N–H and O–H groups in total. The van der Waals surface area contributed by atoms with E-state index in [4.69, 9.17) is 9.15 Å². The number of fused-ring (bicyclic) bond motifs is 2. The summed E-state index contributed by atoms with van der Waals surface area (Å²) in [4.78, 5) is 28.4. The van der Waals surface area contributed by atoms with Crippen LogP contribution in [-0.2, 0) is 11.2 Å². The highest BCUT2D eigenvalue weighted by Crippen LogP contribution is 2.38. The Kier molecular flexibility index (Phi) is 5.24. The zero-order chi connectivity index (χ0) is 20.5. The monoisotopic (exact) mass is 391 g/mol. The molecule has 3 aromatic rings. The predicted molar refractivity (Wildman–Crippen MR) is 112 cm³/mol. The molecule has 0 saturated heterocycles. The van der Waals surface area contributed by atoms with E-state index >= 15 is 0 Å². The van der Waals surface area contributed by atoms with Gasteiger partial charge in [-0.1, -0.05) is 42.8 Å². The maximum absolute atomic E-state index is 13.4. The van der Waals surface area contributed by atoms with Gasteiger partial charge in [-0.15, -0.1) is 0 Å². The highest BCUT2D eigenvalue weighted by Gasteiger charge is 2.42. The summed E-state index contributed by atoms with van der Waals surface area (Å²) in [6.07, 6.45) is 1.62. The van der Waals surface area contributed by atoms with Crippen LogP contribution in [-0.4, -0.2) is 31.1 Å². The van der Waals surface area contributed by atoms with Gasteiger partial charge in [0.25, 0.3) is 5.91 Å². The van der Waals surface area contributed by atoms with Crippen molar-refractivity contribution in [2.75, 3.05) is 20.3 Å². The lowest BCUT2D eigenvalue weighted by Gasteiger charge is -2.25. The molecule has 1 amide bonds. The maximum atomic E-state index is 13.4. The molecule has 5 heteroatoms. The van der Waals surface area contributed by atoms with Crippen LogP contribution in [0.2, 0.25) is 0 Å². The number of ether oxygens (including phenoxy) is 1. The fourth-order valence-electron chi connectivity index (χ4n) is 4.03. The Labute approximate surface area is 169 Å². The summed E-state index contributed by atoms with van der Waals surface area (Å²) in [5.41, 5.74) is 3.88. The summed E-state index contributed by atoms with van der Waals surface area (Å²) in [7, 11) is 1.64. The second kappa shape index (κ2) is 7.84. The number of methoxy groups -OCH3 is 1. The minimum absolute atomic E-state index is 0.128. The van der Waals surface area contributed by atoms with Crippen LogP contribution in [0.3, 0.4) is 0 Å². The first kappa shape index (κ1) is 19.4. The molecule has 2 aromatic carbocycles. The van der Waals surface area contributed by atoms with Gasteiger partial charge in [-0.25, -0.2) is 0 Å². The largest absolute Gasteiger partial charge is 0.450 e. The van der Waals surface area contributed by atoms with Crippen molar-refractivity contribution < 1.29 is 13.9 Å². The number of hydrogen-bond donors (Lipinski definition) is 0. The third-order valence-electron chi connectivity index (χ3n) is 5.57. The summed E-state index contributed by atoms with van der Waals surface area (Å²) in [5, 5.41) is 0.519. The van der Waals surface area contributed by atoms with E-state index in [1.54, 1.807) is 18.1 Å². The average Bonchev–Trinajstić information content (AvgIpc) is 3.01. The molecule has 4 rings (SSSR count). The van der Waals surface area contributed by atoms with Gasteiger partial charge in [0, 0.05) is 20.3 Å². The van der Waals surface area contributed by atoms with E-state index in [2.05, 4.69) is 19.1 Å². The first-order valence-corrected chi connectivity index (χ1v) is 10.0. The van der Waals surface area contributed by atoms with Crippen LogP contribution in [0, 0.1) is 6.92 Å². The van der Waals surface area contributed by atoms with Gasteiger partial charge in [-0.2, -0.15) is 0 Å². The molecule has 2 heterocycles. The second-order valence-electron chi connectivity index (χ2n) is 7.52. The van der Waals surface area contributed by atoms with Crippen LogP contribution < -0.4 is 5.43 Å². The van der Waals surface area contributed by atoms with Crippen molar-refractivity contribution in [2.24, 2.45) is 0 Å². The second-order valence-corrected chi connectivity index (χ2v) is 7.52. The Morgan fingerprint density at radius 1 is 1.10 bits per heavy atom. The van der Waals surface area contributed by atoms with Gasteiger partial charge in [-0.3, -0.25) is 9.59 Å². The van der Waals surface area contributed by atoms with Crippen molar-refractivity contribution in [1.29, 1.82) is 0 Å². The Hall–Kier alpha value is -2.92. The molecule has 0 saturated carbocycles. The average molecular weight is 391 g/mol. The van der Waals surface area contributed by atoms with Crippen LogP contribution in [0.4, 0.5) is 0 Å². The Morgan fingerprint density at radius 3 is 2.55 bits per heavy atom. The van der Waals surface area contributed by atoms with Gasteiger partial charge in [0.2, 0.25) is 5.76 Å². The van der Waals surface area contributed by atoms with Crippen LogP contribution in [0.1, 0.15) is 52.2 Å². The fourth-order valence-corrected chi connectivity index (χ4v) is 4.03. The Bertz CT molecular complexity index is 1110. The van der Waals surface area contributed by atoms with Gasteiger partial charge in [0.05, 0.1) is 17.0 Å². The molecule has 1 aliphatic heterocycles. The summed E-state index contributed by atoms with van der Waals surface area (Å²) in [5.74, 6) is -0.0754. The van der Waals surface area contributed by atoms with E-state index in [1.165, 1.54) is 5.56 Å². The number of hydrogen-bond acceptors (Lipinski definition) is 4. The lowest BCUT2D eigenvalue weighted by Crippen LogP contribution is -2.31. The first-order valence-electron chi connectivity index (χ1n) is 10.0. The molecular weight excluding hydrogens is 366 g/mol. The van der Waals surface area contributed by atoms with Crippen LogP contribution in [0.15, 0.2) is 51.7 Å². The van der Waals surface area contributed by atoms with E-state index in [0.717, 1.165) is 17.5 Å². The van der Waals surface area contributed by atoms with Gasteiger partial charge in [-0.05, 0) is 43.0 Å². The molecule has 1 atom stereocenters. The minimum atomic E-state index is -0.443. The van der Waals surface area contributed by atoms with E-state index < -0.39 is 6.04 Å². The Morgan fingerprint density at radius 2 is 1.86 bits per heavy atom. The smallest absolute Gasteiger partial charge is 0.290 e. The van der Waals surface area contributed by atoms with Crippen molar-refractivity contribution in [3.8, 4) is 0 Å². The predicted octanol–water partition coefficient (Wildman–Crippen LogP) is 4.25. The van der Waals surface area contributed by atoms with E-state index in [-0.39, 0.29) is 17.1 Å². The number of carbonyl (C=O) groups is 1. The number of carbonyl (C=O) groups excluding carboxylic acids is 1. The topological polar surface area (TPSA) is 59.8 Å². The zero-order valence-corrected chi connectivity index (χ0v) is 17.0. The molecule has 0 fully saturated rings. The molecule has 1 aromatic heterocycles. The van der Waals surface area contributed by atoms with E-state index in [9.17, 15) is 9.59 Å². The van der Waals surface area contributed by atoms with Crippen LogP contribution >= 0.6 is 0 Å². The molecular formula is C24H25NO4. The molecule has 0 spiro atoms.